The summed E-state index contributed by atoms with van der Waals surface area (Å²) in [6, 6.07) is 22.4. The van der Waals surface area contributed by atoms with Crippen LogP contribution in [0.15, 0.2) is 83.1 Å². The Labute approximate surface area is 201 Å². The van der Waals surface area contributed by atoms with E-state index >= 15 is 0 Å². The van der Waals surface area contributed by atoms with Crippen LogP contribution in [-0.2, 0) is 11.5 Å². The summed E-state index contributed by atoms with van der Waals surface area (Å²) in [6.07, 6.45) is 0. The van der Waals surface area contributed by atoms with Gasteiger partial charge in [0.2, 0.25) is 0 Å². The Morgan fingerprint density at radius 1 is 0.794 bits per heavy atom. The summed E-state index contributed by atoms with van der Waals surface area (Å²) in [5, 5.41) is 14.7. The summed E-state index contributed by atoms with van der Waals surface area (Å²) >= 11 is 2.80. The van der Waals surface area contributed by atoms with Gasteiger partial charge in [0.15, 0.2) is 10.3 Å². The van der Waals surface area contributed by atoms with Crippen molar-refractivity contribution in [1.29, 1.82) is 0 Å². The number of nitrogens with one attached hydrogen (secondary N) is 2. The van der Waals surface area contributed by atoms with Crippen LogP contribution < -0.4 is 4.43 Å². The first-order valence-electron chi connectivity index (χ1n) is 10.6. The van der Waals surface area contributed by atoms with Gasteiger partial charge in [-0.25, -0.2) is 9.97 Å². The van der Waals surface area contributed by atoms with E-state index in [1.165, 1.54) is 23.5 Å². The molecular weight excluding hydrogens is 468 g/mol. The lowest BCUT2D eigenvalue weighted by molar-refractivity contribution is -0.474. The summed E-state index contributed by atoms with van der Waals surface area (Å²) in [7, 11) is 0. The number of H-pyrrole nitrogens is 2. The fraction of sp³-hybridized carbons (Fsp3) is 0.0833. The van der Waals surface area contributed by atoms with Gasteiger partial charge in [-0.1, -0.05) is 59.9 Å². The van der Waals surface area contributed by atoms with E-state index in [1.807, 2.05) is 48.5 Å². The lowest BCUT2D eigenvalue weighted by Gasteiger charge is -2.18. The first-order valence-corrected chi connectivity index (χ1v) is 12.5. The molecule has 0 bridgehead atoms. The first-order chi connectivity index (χ1) is 16.7. The van der Waals surface area contributed by atoms with Crippen molar-refractivity contribution in [2.75, 3.05) is 0 Å². The Morgan fingerprint density at radius 3 is 2.00 bits per heavy atom. The number of fused-ring (bicyclic) bond motifs is 3. The number of rotatable bonds is 6. The second-order valence-electron chi connectivity index (χ2n) is 7.67. The van der Waals surface area contributed by atoms with Crippen LogP contribution in [0.4, 0.5) is 0 Å². The van der Waals surface area contributed by atoms with Crippen LogP contribution in [0.2, 0.25) is 0 Å². The number of hydrogen-bond donors (Lipinski definition) is 2. The van der Waals surface area contributed by atoms with Gasteiger partial charge >= 0.3 is 0 Å². The third-order valence-electron chi connectivity index (χ3n) is 5.57. The molecule has 2 N–H and O–H groups in total. The monoisotopic (exact) mass is 486 g/mol. The Bertz CT molecular complexity index is 1660. The van der Waals surface area contributed by atoms with Gasteiger partial charge in [0.1, 0.15) is 5.52 Å². The van der Waals surface area contributed by atoms with Gasteiger partial charge in [0.05, 0.1) is 37.9 Å². The molecule has 0 aliphatic rings. The maximum absolute atomic E-state index is 13.3. The fourth-order valence-electron chi connectivity index (χ4n) is 3.89. The van der Waals surface area contributed by atoms with Gasteiger partial charge in [0, 0.05) is 16.7 Å². The standard InChI is InChI=1S/C24H18N6O2S2/c31-29-19-11-5-6-12-20(19)30(32)22(14-34-24-27-17-9-3-4-10-18(17)28-24)21(29)13-33-23-25-15-7-1-2-8-16(15)26-23/h1-12H,13-14H2,(H,25,26)(H,27,28). The molecule has 0 unspecified atom stereocenters. The highest BCUT2D eigenvalue weighted by molar-refractivity contribution is 7.98. The van der Waals surface area contributed by atoms with Gasteiger partial charge in [-0.05, 0) is 30.3 Å². The van der Waals surface area contributed by atoms with Crippen molar-refractivity contribution in [3.8, 4) is 0 Å². The van der Waals surface area contributed by atoms with Gasteiger partial charge in [0.25, 0.3) is 11.2 Å². The molecule has 0 saturated heterocycles. The van der Waals surface area contributed by atoms with Crippen molar-refractivity contribution in [3.63, 3.8) is 0 Å². The summed E-state index contributed by atoms with van der Waals surface area (Å²) in [5.74, 6) is 0.596. The number of benzene rings is 3. The third-order valence-corrected chi connectivity index (χ3v) is 7.34. The molecule has 10 heteroatoms. The van der Waals surface area contributed by atoms with Gasteiger partial charge < -0.3 is 19.9 Å². The molecule has 3 aromatic carbocycles. The highest BCUT2D eigenvalue weighted by atomic mass is 32.2. The van der Waals surface area contributed by atoms with E-state index in [0.29, 0.717) is 44.2 Å². The van der Waals surface area contributed by atoms with Crippen LogP contribution in [0, 0.1) is 10.1 Å². The number of aromatic nitrogens is 6. The number of para-hydroxylation sites is 6. The van der Waals surface area contributed by atoms with E-state index in [9.17, 15) is 10.1 Å². The van der Waals surface area contributed by atoms with Crippen molar-refractivity contribution in [2.45, 2.75) is 21.8 Å². The van der Waals surface area contributed by atoms with E-state index in [-0.39, 0.29) is 0 Å². The van der Waals surface area contributed by atoms with Gasteiger partial charge in [-0.15, -0.1) is 0 Å². The second-order valence-corrected chi connectivity index (χ2v) is 9.59. The van der Waals surface area contributed by atoms with Crippen LogP contribution in [0.1, 0.15) is 11.4 Å². The quantitative estimate of drug-likeness (QED) is 0.246. The molecule has 0 aliphatic carbocycles. The zero-order chi connectivity index (χ0) is 23.1. The van der Waals surface area contributed by atoms with Crippen molar-refractivity contribution < 1.29 is 4.43 Å². The largest absolute Gasteiger partial charge is 0.805 e. The molecule has 3 aromatic heterocycles. The third kappa shape index (κ3) is 3.70. The summed E-state index contributed by atoms with van der Waals surface area (Å²) < 4.78 is 1.74. The first kappa shape index (κ1) is 20.8. The van der Waals surface area contributed by atoms with Crippen LogP contribution in [0.25, 0.3) is 33.1 Å². The maximum atomic E-state index is 13.3. The normalized spacial score (nSPS) is 11.6. The molecule has 0 aliphatic heterocycles. The van der Waals surface area contributed by atoms with Crippen molar-refractivity contribution in [1.82, 2.24) is 24.7 Å². The number of hydrogen-bond acceptors (Lipinski definition) is 6. The number of nitrogens with zero attached hydrogens (tertiary/aromatic N) is 4. The summed E-state index contributed by atoms with van der Waals surface area (Å²) in [5.41, 5.74) is 5.07. The predicted octanol–water partition coefficient (Wildman–Crippen LogP) is 5.24. The highest BCUT2D eigenvalue weighted by Gasteiger charge is 2.23. The van der Waals surface area contributed by atoms with Gasteiger partial charge in [-0.2, -0.15) is 0 Å². The van der Waals surface area contributed by atoms with E-state index in [0.717, 1.165) is 31.2 Å². The average Bonchev–Trinajstić information content (AvgIpc) is 3.48. The maximum Gasteiger partial charge on any atom is 0.286 e. The summed E-state index contributed by atoms with van der Waals surface area (Å²) in [6.45, 7) is 0. The zero-order valence-corrected chi connectivity index (χ0v) is 19.4. The zero-order valence-electron chi connectivity index (χ0n) is 17.8. The number of imidazole rings is 2. The molecular formula is C24H18N6O2S2. The van der Waals surface area contributed by atoms with Crippen LogP contribution in [0.3, 0.4) is 0 Å². The molecule has 0 atom stereocenters. The Kier molecular flexibility index (Phi) is 5.23. The van der Waals surface area contributed by atoms with E-state index < -0.39 is 0 Å². The van der Waals surface area contributed by atoms with Crippen LogP contribution in [-0.4, -0.2) is 24.7 Å². The van der Waals surface area contributed by atoms with Crippen molar-refractivity contribution >= 4 is 56.6 Å². The molecule has 34 heavy (non-hydrogen) atoms. The van der Waals surface area contributed by atoms with Crippen LogP contribution >= 0.6 is 23.5 Å². The van der Waals surface area contributed by atoms with E-state index in [4.69, 9.17) is 0 Å². The molecule has 0 fully saturated rings. The van der Waals surface area contributed by atoms with Crippen molar-refractivity contribution in [2.24, 2.45) is 0 Å². The minimum absolute atomic E-state index is 0.298. The van der Waals surface area contributed by atoms with E-state index in [1.54, 1.807) is 24.3 Å². The molecule has 3 heterocycles. The highest BCUT2D eigenvalue weighted by Crippen LogP contribution is 2.28. The Morgan fingerprint density at radius 2 is 1.35 bits per heavy atom. The summed E-state index contributed by atoms with van der Waals surface area (Å²) in [4.78, 5) is 29.0. The SMILES string of the molecule is O=[n+]1c(CSc2nc3ccccc3[nH]2)c(CSc2nc3ccccc3[nH]2)n([O-])c2ccccc21. The molecule has 0 saturated carbocycles. The van der Waals surface area contributed by atoms with Crippen LogP contribution in [0.5, 0.6) is 0 Å². The van der Waals surface area contributed by atoms with E-state index in [2.05, 4.69) is 19.9 Å². The van der Waals surface area contributed by atoms with Crippen molar-refractivity contribution in [3.05, 3.63) is 94.3 Å². The number of aromatic amines is 2. The fourth-order valence-corrected chi connectivity index (χ4v) is 5.69. The molecule has 0 spiro atoms. The number of thioether (sulfide) groups is 2. The van der Waals surface area contributed by atoms with Gasteiger partial charge in [-0.3, -0.25) is 0 Å². The molecule has 0 amide bonds. The lowest BCUT2D eigenvalue weighted by atomic mass is 10.2. The smallest absolute Gasteiger partial charge is 0.286 e. The molecule has 168 valence electrons. The Balaban J connectivity index is 1.36. The predicted molar refractivity (Wildman–Crippen MR) is 135 cm³/mol. The molecule has 0 radical (unpaired) electrons. The minimum atomic E-state index is 0.298. The Hall–Kier alpha value is -3.76. The molecule has 8 nitrogen and oxygen atoms in total. The minimum Gasteiger partial charge on any atom is -0.805 e. The second kappa shape index (κ2) is 8.54. The average molecular weight is 487 g/mol. The topological polar surface area (TPSA) is 108 Å². The molecule has 6 rings (SSSR count). The molecule has 6 aromatic rings. The lowest BCUT2D eigenvalue weighted by Crippen LogP contribution is -2.27.